The summed E-state index contributed by atoms with van der Waals surface area (Å²) in [6.07, 6.45) is -9.77. The van der Waals surface area contributed by atoms with Crippen LogP contribution in [0.3, 0.4) is 0 Å². The van der Waals surface area contributed by atoms with E-state index in [2.05, 4.69) is 11.2 Å². The average molecular weight is 281 g/mol. The van der Waals surface area contributed by atoms with Gasteiger partial charge in [-0.1, -0.05) is 17.9 Å². The van der Waals surface area contributed by atoms with Crippen LogP contribution in [0.4, 0.5) is 26.3 Å². The summed E-state index contributed by atoms with van der Waals surface area (Å²) in [5.74, 6) is 4.16. The Kier molecular flexibility index (Phi) is 4.48. The van der Waals surface area contributed by atoms with Crippen LogP contribution in [0.1, 0.15) is 16.7 Å². The van der Waals surface area contributed by atoms with Gasteiger partial charge in [0, 0.05) is 5.56 Å². The van der Waals surface area contributed by atoms with Crippen LogP contribution in [0.15, 0.2) is 18.2 Å². The molecular weight excluding hydrogens is 272 g/mol. The molecule has 1 N–H and O–H groups in total. The van der Waals surface area contributed by atoms with E-state index >= 15 is 0 Å². The summed E-state index contributed by atoms with van der Waals surface area (Å²) in [4.78, 5) is 0. The van der Waals surface area contributed by atoms with Crippen molar-refractivity contribution < 1.29 is 26.3 Å². The molecule has 1 aromatic carbocycles. The first kappa shape index (κ1) is 15.4. The van der Waals surface area contributed by atoms with E-state index in [1.54, 1.807) is 0 Å². The molecule has 19 heavy (non-hydrogen) atoms. The SMILES string of the molecule is CNCC#Cc1c(C(F)(F)F)cccc1C(F)(F)F. The summed E-state index contributed by atoms with van der Waals surface area (Å²) >= 11 is 0. The van der Waals surface area contributed by atoms with Crippen LogP contribution in [0.2, 0.25) is 0 Å². The Morgan fingerprint density at radius 2 is 1.47 bits per heavy atom. The molecule has 0 radical (unpaired) electrons. The lowest BCUT2D eigenvalue weighted by atomic mass is 10.0. The highest BCUT2D eigenvalue weighted by atomic mass is 19.4. The number of alkyl halides is 6. The van der Waals surface area contributed by atoms with Crippen LogP contribution in [-0.4, -0.2) is 13.6 Å². The van der Waals surface area contributed by atoms with Crippen molar-refractivity contribution in [2.75, 3.05) is 13.6 Å². The summed E-state index contributed by atoms with van der Waals surface area (Å²) < 4.78 is 76.0. The number of benzene rings is 1. The first-order valence-corrected chi connectivity index (χ1v) is 5.09. The van der Waals surface area contributed by atoms with Gasteiger partial charge in [-0.3, -0.25) is 0 Å². The van der Waals surface area contributed by atoms with E-state index < -0.39 is 29.0 Å². The number of hydrogen-bond donors (Lipinski definition) is 1. The fraction of sp³-hybridized carbons (Fsp3) is 0.333. The van der Waals surface area contributed by atoms with Gasteiger partial charge in [0.25, 0.3) is 0 Å². The third-order valence-corrected chi connectivity index (χ3v) is 2.15. The second-order valence-corrected chi connectivity index (χ2v) is 3.56. The molecule has 0 saturated heterocycles. The fourth-order valence-electron chi connectivity index (χ4n) is 1.38. The van der Waals surface area contributed by atoms with Gasteiger partial charge >= 0.3 is 12.4 Å². The van der Waals surface area contributed by atoms with Gasteiger partial charge in [-0.2, -0.15) is 26.3 Å². The van der Waals surface area contributed by atoms with E-state index in [9.17, 15) is 26.3 Å². The molecule has 0 bridgehead atoms. The Morgan fingerprint density at radius 3 is 1.84 bits per heavy atom. The zero-order valence-electron chi connectivity index (χ0n) is 9.71. The molecule has 0 unspecified atom stereocenters. The molecule has 0 aromatic heterocycles. The van der Waals surface area contributed by atoms with Gasteiger partial charge in [0.2, 0.25) is 0 Å². The van der Waals surface area contributed by atoms with Gasteiger partial charge in [-0.05, 0) is 19.2 Å². The summed E-state index contributed by atoms with van der Waals surface area (Å²) in [5, 5.41) is 2.52. The Bertz CT molecular complexity index is 471. The number of rotatable bonds is 1. The maximum Gasteiger partial charge on any atom is 0.417 e. The third-order valence-electron chi connectivity index (χ3n) is 2.15. The van der Waals surface area contributed by atoms with E-state index in [1.165, 1.54) is 7.05 Å². The molecule has 0 fully saturated rings. The summed E-state index contributed by atoms with van der Waals surface area (Å²) in [7, 11) is 1.48. The van der Waals surface area contributed by atoms with E-state index in [-0.39, 0.29) is 6.54 Å². The lowest BCUT2D eigenvalue weighted by molar-refractivity contribution is -0.143. The van der Waals surface area contributed by atoms with Crippen molar-refractivity contribution in [3.05, 3.63) is 34.9 Å². The largest absolute Gasteiger partial charge is 0.417 e. The molecule has 0 aliphatic heterocycles. The molecular formula is C12H9F6N. The minimum atomic E-state index is -4.88. The number of halogens is 6. The average Bonchev–Trinajstić information content (AvgIpc) is 2.26. The third kappa shape index (κ3) is 3.89. The lowest BCUT2D eigenvalue weighted by Gasteiger charge is -2.14. The van der Waals surface area contributed by atoms with Crippen LogP contribution in [0.5, 0.6) is 0 Å². The molecule has 0 spiro atoms. The Labute approximate surface area is 105 Å². The zero-order chi connectivity index (χ0) is 14.7. The van der Waals surface area contributed by atoms with Crippen molar-refractivity contribution in [1.29, 1.82) is 0 Å². The minimum absolute atomic E-state index is 0.0104. The molecule has 1 nitrogen and oxygen atoms in total. The van der Waals surface area contributed by atoms with Crippen molar-refractivity contribution in [2.45, 2.75) is 12.4 Å². The second kappa shape index (κ2) is 5.53. The molecule has 0 aliphatic rings. The molecule has 0 saturated carbocycles. The molecule has 104 valence electrons. The lowest BCUT2D eigenvalue weighted by Crippen LogP contribution is -2.15. The topological polar surface area (TPSA) is 12.0 Å². The van der Waals surface area contributed by atoms with Gasteiger partial charge in [-0.15, -0.1) is 0 Å². The van der Waals surface area contributed by atoms with Crippen molar-refractivity contribution in [3.8, 4) is 11.8 Å². The second-order valence-electron chi connectivity index (χ2n) is 3.56. The maximum atomic E-state index is 12.7. The Hall–Kier alpha value is -1.68. The van der Waals surface area contributed by atoms with Crippen molar-refractivity contribution in [1.82, 2.24) is 5.32 Å². The molecule has 1 rings (SSSR count). The maximum absolute atomic E-state index is 12.7. The number of nitrogens with one attached hydrogen (secondary N) is 1. The van der Waals surface area contributed by atoms with Crippen molar-refractivity contribution in [3.63, 3.8) is 0 Å². The first-order valence-electron chi connectivity index (χ1n) is 5.09. The normalized spacial score (nSPS) is 11.9. The van der Waals surface area contributed by atoms with Crippen LogP contribution < -0.4 is 5.32 Å². The molecule has 0 atom stereocenters. The smallest absolute Gasteiger partial charge is 0.309 e. The molecule has 0 heterocycles. The Balaban J connectivity index is 3.47. The predicted octanol–water partition coefficient (Wildman–Crippen LogP) is 3.30. The Morgan fingerprint density at radius 1 is 1.00 bits per heavy atom. The highest BCUT2D eigenvalue weighted by molar-refractivity contribution is 5.50. The van der Waals surface area contributed by atoms with Crippen LogP contribution in [0.25, 0.3) is 0 Å². The van der Waals surface area contributed by atoms with Gasteiger partial charge in [0.05, 0.1) is 17.7 Å². The standard InChI is InChI=1S/C12H9F6N/c1-19-7-3-4-8-9(11(13,14)15)5-2-6-10(8)12(16,17)18/h2,5-6,19H,7H2,1H3. The quantitative estimate of drug-likeness (QED) is 0.615. The monoisotopic (exact) mass is 281 g/mol. The van der Waals surface area contributed by atoms with Crippen LogP contribution >= 0.6 is 0 Å². The minimum Gasteiger partial charge on any atom is -0.309 e. The highest BCUT2D eigenvalue weighted by Crippen LogP contribution is 2.38. The molecule has 0 amide bonds. The molecule has 0 aliphatic carbocycles. The van der Waals surface area contributed by atoms with Crippen LogP contribution in [-0.2, 0) is 12.4 Å². The highest BCUT2D eigenvalue weighted by Gasteiger charge is 2.40. The van der Waals surface area contributed by atoms with Gasteiger partial charge in [0.15, 0.2) is 0 Å². The predicted molar refractivity (Wildman–Crippen MR) is 57.3 cm³/mol. The van der Waals surface area contributed by atoms with Crippen LogP contribution in [0, 0.1) is 11.8 Å². The summed E-state index contributed by atoms with van der Waals surface area (Å²) in [5.41, 5.74) is -3.81. The van der Waals surface area contributed by atoms with Gasteiger partial charge in [-0.25, -0.2) is 0 Å². The summed E-state index contributed by atoms with van der Waals surface area (Å²) in [6, 6.07) is 1.88. The zero-order valence-corrected chi connectivity index (χ0v) is 9.71. The summed E-state index contributed by atoms with van der Waals surface area (Å²) in [6.45, 7) is -0.0104. The first-order chi connectivity index (χ1) is 8.68. The van der Waals surface area contributed by atoms with E-state index in [0.29, 0.717) is 12.1 Å². The number of hydrogen-bond acceptors (Lipinski definition) is 1. The van der Waals surface area contributed by atoms with Gasteiger partial charge in [0.1, 0.15) is 0 Å². The van der Waals surface area contributed by atoms with Gasteiger partial charge < -0.3 is 5.32 Å². The van der Waals surface area contributed by atoms with E-state index in [4.69, 9.17) is 0 Å². The van der Waals surface area contributed by atoms with E-state index in [1.807, 2.05) is 5.92 Å². The molecule has 7 heteroatoms. The van der Waals surface area contributed by atoms with E-state index in [0.717, 1.165) is 6.07 Å². The van der Waals surface area contributed by atoms with Crippen molar-refractivity contribution in [2.24, 2.45) is 0 Å². The fourth-order valence-corrected chi connectivity index (χ4v) is 1.38. The molecule has 1 aromatic rings. The van der Waals surface area contributed by atoms with Crippen molar-refractivity contribution >= 4 is 0 Å².